The molecule has 0 unspecified atom stereocenters. The first kappa shape index (κ1) is 14.9. The SMILES string of the molecule is CCCCCCOc1nccc(CNCC)c1F. The number of hydrogen-bond donors (Lipinski definition) is 1. The molecule has 1 N–H and O–H groups in total. The summed E-state index contributed by atoms with van der Waals surface area (Å²) >= 11 is 0. The van der Waals surface area contributed by atoms with Crippen molar-refractivity contribution in [2.75, 3.05) is 13.2 Å². The van der Waals surface area contributed by atoms with E-state index in [2.05, 4.69) is 17.2 Å². The van der Waals surface area contributed by atoms with Gasteiger partial charge in [-0.15, -0.1) is 0 Å². The quantitative estimate of drug-likeness (QED) is 0.687. The molecule has 0 bridgehead atoms. The normalized spacial score (nSPS) is 10.6. The standard InChI is InChI=1S/C14H23FN2O/c1-3-5-6-7-10-18-14-13(15)12(8-9-17-14)11-16-4-2/h8-9,16H,3-7,10-11H2,1-2H3. The second kappa shape index (κ2) is 8.86. The van der Waals surface area contributed by atoms with E-state index in [-0.39, 0.29) is 11.7 Å². The van der Waals surface area contributed by atoms with E-state index in [1.165, 1.54) is 12.8 Å². The van der Waals surface area contributed by atoms with Crippen LogP contribution in [-0.2, 0) is 6.54 Å². The fourth-order valence-corrected chi connectivity index (χ4v) is 1.66. The topological polar surface area (TPSA) is 34.1 Å². The van der Waals surface area contributed by atoms with Crippen LogP contribution in [0.2, 0.25) is 0 Å². The molecule has 0 aliphatic heterocycles. The first-order valence-corrected chi connectivity index (χ1v) is 6.76. The van der Waals surface area contributed by atoms with Crippen molar-refractivity contribution in [3.63, 3.8) is 0 Å². The van der Waals surface area contributed by atoms with Crippen LogP contribution in [0.25, 0.3) is 0 Å². The van der Waals surface area contributed by atoms with Crippen molar-refractivity contribution in [2.45, 2.75) is 46.1 Å². The number of aromatic nitrogens is 1. The van der Waals surface area contributed by atoms with Gasteiger partial charge in [0, 0.05) is 18.3 Å². The largest absolute Gasteiger partial charge is 0.476 e. The third-order valence-corrected chi connectivity index (χ3v) is 2.74. The zero-order valence-corrected chi connectivity index (χ0v) is 11.3. The lowest BCUT2D eigenvalue weighted by Gasteiger charge is -2.09. The highest BCUT2D eigenvalue weighted by Crippen LogP contribution is 2.17. The Balaban J connectivity index is 2.44. The van der Waals surface area contributed by atoms with E-state index in [0.717, 1.165) is 19.4 Å². The summed E-state index contributed by atoms with van der Waals surface area (Å²) in [7, 11) is 0. The summed E-state index contributed by atoms with van der Waals surface area (Å²) in [6.45, 7) is 6.01. The van der Waals surface area contributed by atoms with Gasteiger partial charge in [-0.2, -0.15) is 0 Å². The van der Waals surface area contributed by atoms with Gasteiger partial charge in [0.1, 0.15) is 0 Å². The van der Waals surface area contributed by atoms with Gasteiger partial charge in [0.05, 0.1) is 6.61 Å². The number of nitrogens with zero attached hydrogens (tertiary/aromatic N) is 1. The molecule has 3 nitrogen and oxygen atoms in total. The Morgan fingerprint density at radius 2 is 2.11 bits per heavy atom. The summed E-state index contributed by atoms with van der Waals surface area (Å²) in [4.78, 5) is 3.94. The van der Waals surface area contributed by atoms with Gasteiger partial charge in [-0.3, -0.25) is 0 Å². The fourth-order valence-electron chi connectivity index (χ4n) is 1.66. The van der Waals surface area contributed by atoms with Gasteiger partial charge < -0.3 is 10.1 Å². The highest BCUT2D eigenvalue weighted by Gasteiger charge is 2.09. The van der Waals surface area contributed by atoms with Crippen molar-refractivity contribution in [3.8, 4) is 5.88 Å². The summed E-state index contributed by atoms with van der Waals surface area (Å²) in [5, 5.41) is 3.09. The molecule has 0 atom stereocenters. The van der Waals surface area contributed by atoms with Crippen LogP contribution in [0.15, 0.2) is 12.3 Å². The Labute approximate surface area is 109 Å². The summed E-state index contributed by atoms with van der Waals surface area (Å²) in [6, 6.07) is 1.68. The van der Waals surface area contributed by atoms with Crippen molar-refractivity contribution in [1.82, 2.24) is 10.3 Å². The highest BCUT2D eigenvalue weighted by atomic mass is 19.1. The molecule has 0 radical (unpaired) electrons. The summed E-state index contributed by atoms with van der Waals surface area (Å²) in [5.74, 6) is -0.212. The Morgan fingerprint density at radius 3 is 2.83 bits per heavy atom. The summed E-state index contributed by atoms with van der Waals surface area (Å²) in [5.41, 5.74) is 0.607. The molecule has 18 heavy (non-hydrogen) atoms. The number of nitrogens with one attached hydrogen (secondary N) is 1. The van der Waals surface area contributed by atoms with Crippen LogP contribution in [0.4, 0.5) is 4.39 Å². The van der Waals surface area contributed by atoms with Crippen LogP contribution >= 0.6 is 0 Å². The van der Waals surface area contributed by atoms with Gasteiger partial charge >= 0.3 is 0 Å². The molecule has 0 spiro atoms. The van der Waals surface area contributed by atoms with Crippen LogP contribution in [0.1, 0.15) is 45.1 Å². The third-order valence-electron chi connectivity index (χ3n) is 2.74. The molecule has 0 saturated heterocycles. The Bertz CT molecular complexity index is 345. The minimum absolute atomic E-state index is 0.127. The Morgan fingerprint density at radius 1 is 1.28 bits per heavy atom. The maximum absolute atomic E-state index is 13.9. The third kappa shape index (κ3) is 5.00. The van der Waals surface area contributed by atoms with E-state index >= 15 is 0 Å². The molecular formula is C14H23FN2O. The van der Waals surface area contributed by atoms with Crippen LogP contribution in [0.3, 0.4) is 0 Å². The number of rotatable bonds is 9. The smallest absolute Gasteiger partial charge is 0.250 e. The van der Waals surface area contributed by atoms with Gasteiger partial charge in [-0.25, -0.2) is 9.37 Å². The van der Waals surface area contributed by atoms with Crippen LogP contribution in [0, 0.1) is 5.82 Å². The van der Waals surface area contributed by atoms with E-state index in [1.54, 1.807) is 12.3 Å². The molecule has 0 saturated carbocycles. The van der Waals surface area contributed by atoms with Gasteiger partial charge in [0.2, 0.25) is 0 Å². The lowest BCUT2D eigenvalue weighted by Crippen LogP contribution is -2.14. The molecule has 1 heterocycles. The van der Waals surface area contributed by atoms with Crippen LogP contribution < -0.4 is 10.1 Å². The van der Waals surface area contributed by atoms with Gasteiger partial charge in [0.25, 0.3) is 5.88 Å². The molecule has 1 rings (SSSR count). The molecule has 0 aromatic carbocycles. The first-order valence-electron chi connectivity index (χ1n) is 6.76. The molecule has 4 heteroatoms. The molecule has 102 valence electrons. The molecule has 0 aliphatic carbocycles. The zero-order chi connectivity index (χ0) is 13.2. The average Bonchev–Trinajstić information content (AvgIpc) is 2.39. The molecule has 0 aliphatic rings. The molecule has 0 fully saturated rings. The first-order chi connectivity index (χ1) is 8.79. The summed E-state index contributed by atoms with van der Waals surface area (Å²) in [6.07, 6.45) is 6.04. The minimum atomic E-state index is -0.339. The number of hydrogen-bond acceptors (Lipinski definition) is 3. The number of pyridine rings is 1. The maximum Gasteiger partial charge on any atom is 0.250 e. The number of halogens is 1. The molecular weight excluding hydrogens is 231 g/mol. The van der Waals surface area contributed by atoms with Crippen LogP contribution in [-0.4, -0.2) is 18.1 Å². The predicted molar refractivity (Wildman–Crippen MR) is 71.2 cm³/mol. The van der Waals surface area contributed by atoms with Gasteiger partial charge in [-0.1, -0.05) is 33.1 Å². The molecule has 1 aromatic heterocycles. The number of unbranched alkanes of at least 4 members (excludes halogenated alkanes) is 3. The van der Waals surface area contributed by atoms with E-state index in [1.807, 2.05) is 6.92 Å². The van der Waals surface area contributed by atoms with Crippen molar-refractivity contribution < 1.29 is 9.13 Å². The maximum atomic E-state index is 13.9. The van der Waals surface area contributed by atoms with E-state index < -0.39 is 0 Å². The van der Waals surface area contributed by atoms with Gasteiger partial charge in [-0.05, 0) is 19.0 Å². The second-order valence-electron chi connectivity index (χ2n) is 4.28. The van der Waals surface area contributed by atoms with Crippen LogP contribution in [0.5, 0.6) is 5.88 Å². The van der Waals surface area contributed by atoms with Gasteiger partial charge in [0.15, 0.2) is 5.82 Å². The Hall–Kier alpha value is -1.16. The summed E-state index contributed by atoms with van der Waals surface area (Å²) < 4.78 is 19.3. The van der Waals surface area contributed by atoms with Crippen molar-refractivity contribution in [1.29, 1.82) is 0 Å². The van der Waals surface area contributed by atoms with E-state index in [4.69, 9.17) is 4.74 Å². The lowest BCUT2D eigenvalue weighted by atomic mass is 10.2. The number of ether oxygens (including phenoxy) is 1. The van der Waals surface area contributed by atoms with E-state index in [0.29, 0.717) is 18.7 Å². The van der Waals surface area contributed by atoms with Crippen molar-refractivity contribution in [2.24, 2.45) is 0 Å². The minimum Gasteiger partial charge on any atom is -0.476 e. The predicted octanol–water partition coefficient (Wildman–Crippen LogP) is 3.29. The lowest BCUT2D eigenvalue weighted by molar-refractivity contribution is 0.277. The fraction of sp³-hybridized carbons (Fsp3) is 0.643. The monoisotopic (exact) mass is 254 g/mol. The highest BCUT2D eigenvalue weighted by molar-refractivity contribution is 5.23. The molecule has 0 amide bonds. The molecule has 1 aromatic rings. The van der Waals surface area contributed by atoms with Crippen molar-refractivity contribution >= 4 is 0 Å². The average molecular weight is 254 g/mol. The zero-order valence-electron chi connectivity index (χ0n) is 11.3. The van der Waals surface area contributed by atoms with E-state index in [9.17, 15) is 4.39 Å². The Kier molecular flexibility index (Phi) is 7.34. The van der Waals surface area contributed by atoms with Crippen molar-refractivity contribution in [3.05, 3.63) is 23.6 Å². The second-order valence-corrected chi connectivity index (χ2v) is 4.28.